The van der Waals surface area contributed by atoms with E-state index in [0.29, 0.717) is 11.3 Å². The SMILES string of the molecule is COc1ccc(NC(=O)Cc2coc3ccc4ccccc4c23)cc1S(N)(=O)=O. The lowest BCUT2D eigenvalue weighted by Gasteiger charge is -2.10. The second-order valence-electron chi connectivity index (χ2n) is 6.56. The van der Waals surface area contributed by atoms with Crippen molar-refractivity contribution >= 4 is 43.4 Å². The summed E-state index contributed by atoms with van der Waals surface area (Å²) in [5, 5.41) is 10.9. The highest BCUT2D eigenvalue weighted by Crippen LogP contribution is 2.30. The first-order valence-electron chi connectivity index (χ1n) is 8.75. The number of carbonyl (C=O) groups excluding carboxylic acids is 1. The average molecular weight is 410 g/mol. The number of carbonyl (C=O) groups is 1. The van der Waals surface area contributed by atoms with Gasteiger partial charge in [-0.25, -0.2) is 13.6 Å². The Bertz CT molecular complexity index is 1340. The minimum atomic E-state index is -4.00. The van der Waals surface area contributed by atoms with Crippen LogP contribution in [0.2, 0.25) is 0 Å². The Balaban J connectivity index is 1.64. The van der Waals surface area contributed by atoms with E-state index in [4.69, 9.17) is 14.3 Å². The molecule has 1 aromatic heterocycles. The molecule has 7 nitrogen and oxygen atoms in total. The number of sulfonamides is 1. The molecule has 0 saturated heterocycles. The fourth-order valence-corrected chi connectivity index (χ4v) is 4.08. The van der Waals surface area contributed by atoms with E-state index >= 15 is 0 Å². The molecule has 8 heteroatoms. The number of rotatable bonds is 5. The summed E-state index contributed by atoms with van der Waals surface area (Å²) in [5.74, 6) is -0.205. The number of benzene rings is 3. The Morgan fingerprint density at radius 1 is 1.14 bits per heavy atom. The molecule has 1 heterocycles. The number of nitrogens with one attached hydrogen (secondary N) is 1. The monoisotopic (exact) mass is 410 g/mol. The van der Waals surface area contributed by atoms with E-state index in [2.05, 4.69) is 5.32 Å². The van der Waals surface area contributed by atoms with Gasteiger partial charge in [0.1, 0.15) is 16.2 Å². The maximum Gasteiger partial charge on any atom is 0.241 e. The van der Waals surface area contributed by atoms with Crippen LogP contribution >= 0.6 is 0 Å². The van der Waals surface area contributed by atoms with E-state index in [1.54, 1.807) is 12.3 Å². The second kappa shape index (κ2) is 7.23. The molecule has 1 amide bonds. The van der Waals surface area contributed by atoms with E-state index in [1.165, 1.54) is 19.2 Å². The molecule has 4 rings (SSSR count). The normalized spacial score (nSPS) is 11.7. The molecule has 3 N–H and O–H groups in total. The van der Waals surface area contributed by atoms with E-state index in [1.807, 2.05) is 36.4 Å². The third-order valence-corrected chi connectivity index (χ3v) is 5.58. The van der Waals surface area contributed by atoms with Gasteiger partial charge in [0.2, 0.25) is 15.9 Å². The van der Waals surface area contributed by atoms with Crippen LogP contribution < -0.4 is 15.2 Å². The Kier molecular flexibility index (Phi) is 4.73. The molecule has 0 spiro atoms. The van der Waals surface area contributed by atoms with Crippen molar-refractivity contribution < 1.29 is 22.4 Å². The van der Waals surface area contributed by atoms with Crippen LogP contribution in [0.1, 0.15) is 5.56 Å². The van der Waals surface area contributed by atoms with Gasteiger partial charge in [-0.05, 0) is 35.0 Å². The Hall–Kier alpha value is -3.36. The van der Waals surface area contributed by atoms with Gasteiger partial charge in [-0.2, -0.15) is 0 Å². The molecule has 0 aliphatic rings. The summed E-state index contributed by atoms with van der Waals surface area (Å²) in [6.45, 7) is 0. The first-order chi connectivity index (χ1) is 13.9. The predicted octanol–water partition coefficient (Wildman–Crippen LogP) is 3.42. The molecule has 148 valence electrons. The molecule has 0 aliphatic carbocycles. The lowest BCUT2D eigenvalue weighted by atomic mass is 10.0. The van der Waals surface area contributed by atoms with Crippen molar-refractivity contribution in [1.82, 2.24) is 0 Å². The van der Waals surface area contributed by atoms with Gasteiger partial charge in [0.15, 0.2) is 0 Å². The van der Waals surface area contributed by atoms with Crippen LogP contribution in [0.4, 0.5) is 5.69 Å². The van der Waals surface area contributed by atoms with Crippen molar-refractivity contribution in [2.45, 2.75) is 11.3 Å². The van der Waals surface area contributed by atoms with E-state index in [-0.39, 0.29) is 23.0 Å². The lowest BCUT2D eigenvalue weighted by molar-refractivity contribution is -0.115. The fourth-order valence-electron chi connectivity index (χ4n) is 3.36. The van der Waals surface area contributed by atoms with Gasteiger partial charge < -0.3 is 14.5 Å². The minimum Gasteiger partial charge on any atom is -0.495 e. The van der Waals surface area contributed by atoms with Crippen molar-refractivity contribution in [2.75, 3.05) is 12.4 Å². The van der Waals surface area contributed by atoms with Gasteiger partial charge in [0.25, 0.3) is 0 Å². The van der Waals surface area contributed by atoms with Crippen LogP contribution in [0.5, 0.6) is 5.75 Å². The summed E-state index contributed by atoms with van der Waals surface area (Å²) >= 11 is 0. The molecule has 0 bridgehead atoms. The topological polar surface area (TPSA) is 112 Å². The average Bonchev–Trinajstić information content (AvgIpc) is 3.10. The van der Waals surface area contributed by atoms with Gasteiger partial charge in [-0.3, -0.25) is 4.79 Å². The molecule has 29 heavy (non-hydrogen) atoms. The molecule has 3 aromatic carbocycles. The summed E-state index contributed by atoms with van der Waals surface area (Å²) in [6, 6.07) is 16.0. The number of fused-ring (bicyclic) bond motifs is 3. The number of primary sulfonamides is 1. The summed E-state index contributed by atoms with van der Waals surface area (Å²) in [5.41, 5.74) is 1.75. The Morgan fingerprint density at radius 3 is 2.69 bits per heavy atom. The molecule has 4 aromatic rings. The smallest absolute Gasteiger partial charge is 0.241 e. The molecule has 0 radical (unpaired) electrons. The summed E-state index contributed by atoms with van der Waals surface area (Å²) < 4.78 is 34.1. The van der Waals surface area contributed by atoms with Crippen molar-refractivity contribution in [3.63, 3.8) is 0 Å². The molecule has 0 unspecified atom stereocenters. The highest BCUT2D eigenvalue weighted by atomic mass is 32.2. The Morgan fingerprint density at radius 2 is 1.93 bits per heavy atom. The predicted molar refractivity (Wildman–Crippen MR) is 110 cm³/mol. The van der Waals surface area contributed by atoms with Gasteiger partial charge in [-0.1, -0.05) is 30.3 Å². The second-order valence-corrected chi connectivity index (χ2v) is 8.09. The fraction of sp³-hybridized carbons (Fsp3) is 0.0952. The third kappa shape index (κ3) is 3.67. The number of amides is 1. The van der Waals surface area contributed by atoms with Crippen LogP contribution in [-0.2, 0) is 21.2 Å². The first kappa shape index (κ1) is 19.0. The van der Waals surface area contributed by atoms with Crippen LogP contribution in [0, 0.1) is 0 Å². The zero-order chi connectivity index (χ0) is 20.6. The van der Waals surface area contributed by atoms with Crippen LogP contribution in [0.3, 0.4) is 0 Å². The largest absolute Gasteiger partial charge is 0.495 e. The van der Waals surface area contributed by atoms with Crippen LogP contribution in [0.25, 0.3) is 21.7 Å². The quantitative estimate of drug-likeness (QED) is 0.524. The number of hydrogen-bond acceptors (Lipinski definition) is 5. The van der Waals surface area contributed by atoms with E-state index < -0.39 is 10.0 Å². The third-order valence-electron chi connectivity index (χ3n) is 4.64. The van der Waals surface area contributed by atoms with Gasteiger partial charge >= 0.3 is 0 Å². The maximum absolute atomic E-state index is 12.6. The number of hydrogen-bond donors (Lipinski definition) is 2. The minimum absolute atomic E-state index is 0.0672. The van der Waals surface area contributed by atoms with E-state index in [0.717, 1.165) is 21.7 Å². The standard InChI is InChI=1S/C21H18N2O5S/c1-27-17-9-7-15(11-19(17)29(22,25)26)23-20(24)10-14-12-28-18-8-6-13-4-2-3-5-16(13)21(14)18/h2-9,11-12H,10H2,1H3,(H,23,24)(H2,22,25,26). The zero-order valence-electron chi connectivity index (χ0n) is 15.5. The highest BCUT2D eigenvalue weighted by Gasteiger charge is 2.17. The van der Waals surface area contributed by atoms with Crippen molar-refractivity contribution in [1.29, 1.82) is 0 Å². The molecule has 0 saturated carbocycles. The van der Waals surface area contributed by atoms with Crippen molar-refractivity contribution in [2.24, 2.45) is 5.14 Å². The van der Waals surface area contributed by atoms with Crippen molar-refractivity contribution in [3.8, 4) is 5.75 Å². The number of nitrogens with two attached hydrogens (primary N) is 1. The van der Waals surface area contributed by atoms with Crippen LogP contribution in [-0.4, -0.2) is 21.4 Å². The lowest BCUT2D eigenvalue weighted by Crippen LogP contribution is -2.17. The number of furan rings is 1. The Labute approximate surface area is 167 Å². The van der Waals surface area contributed by atoms with Gasteiger partial charge in [0.05, 0.1) is 19.8 Å². The molecular weight excluding hydrogens is 392 g/mol. The number of ether oxygens (including phenoxy) is 1. The molecular formula is C21H18N2O5S. The summed E-state index contributed by atoms with van der Waals surface area (Å²) in [4.78, 5) is 12.4. The zero-order valence-corrected chi connectivity index (χ0v) is 16.3. The van der Waals surface area contributed by atoms with Crippen LogP contribution in [0.15, 0.2) is 70.2 Å². The first-order valence-corrected chi connectivity index (χ1v) is 10.3. The number of anilines is 1. The maximum atomic E-state index is 12.6. The van der Waals surface area contributed by atoms with Crippen molar-refractivity contribution in [3.05, 3.63) is 66.4 Å². The molecule has 0 aliphatic heterocycles. The van der Waals surface area contributed by atoms with Gasteiger partial charge in [0, 0.05) is 16.6 Å². The van der Waals surface area contributed by atoms with Gasteiger partial charge in [-0.15, -0.1) is 0 Å². The molecule has 0 fully saturated rings. The highest BCUT2D eigenvalue weighted by molar-refractivity contribution is 7.89. The summed E-state index contributed by atoms with van der Waals surface area (Å²) in [6.07, 6.45) is 1.64. The number of methoxy groups -OCH3 is 1. The molecule has 0 atom stereocenters. The summed E-state index contributed by atoms with van der Waals surface area (Å²) in [7, 11) is -2.65. The van der Waals surface area contributed by atoms with E-state index in [9.17, 15) is 13.2 Å².